The van der Waals surface area contributed by atoms with E-state index < -0.39 is 7.59 Å². The quantitative estimate of drug-likeness (QED) is 0.379. The van der Waals surface area contributed by atoms with Crippen LogP contribution in [0, 0.1) is 0 Å². The maximum absolute atomic E-state index is 12.1. The molecule has 0 N–H and O–H groups in total. The molecule has 93 valence electrons. The maximum atomic E-state index is 12.1. The van der Waals surface area contributed by atoms with E-state index >= 15 is 0 Å². The van der Waals surface area contributed by atoms with Gasteiger partial charge < -0.3 is 37.2 Å². The van der Waals surface area contributed by atoms with Crippen LogP contribution in [0.2, 0.25) is 0 Å². The van der Waals surface area contributed by atoms with Crippen molar-refractivity contribution in [1.29, 1.82) is 0 Å². The van der Waals surface area contributed by atoms with Gasteiger partial charge in [0.2, 0.25) is 0 Å². The van der Waals surface area contributed by atoms with Crippen molar-refractivity contribution in [1.82, 2.24) is 14.0 Å². The molecule has 0 bridgehead atoms. The second-order valence-corrected chi connectivity index (χ2v) is 6.48. The van der Waals surface area contributed by atoms with Crippen molar-refractivity contribution in [3.05, 3.63) is 0 Å². The van der Waals surface area contributed by atoms with Gasteiger partial charge in [-0.3, -0.25) is 4.57 Å². The Kier molecular flexibility index (Phi) is 24.4. The summed E-state index contributed by atoms with van der Waals surface area (Å²) in [7, 11) is 8.49. The van der Waals surface area contributed by atoms with Gasteiger partial charge in [0.15, 0.2) is 0 Å². The van der Waals surface area contributed by atoms with Crippen molar-refractivity contribution >= 4 is 7.59 Å². The molecule has 4 nitrogen and oxygen atoms in total. The van der Waals surface area contributed by atoms with Gasteiger partial charge >= 0.3 is 21.7 Å². The monoisotopic (exact) mass is 332 g/mol. The second kappa shape index (κ2) is 12.2. The summed E-state index contributed by atoms with van der Waals surface area (Å²) in [4.78, 5) is 0. The summed E-state index contributed by atoms with van der Waals surface area (Å²) in [6.07, 6.45) is 0. The molecule has 0 aliphatic heterocycles. The summed E-state index contributed by atoms with van der Waals surface area (Å²) < 4.78 is 17.3. The van der Waals surface area contributed by atoms with Crippen molar-refractivity contribution in [2.24, 2.45) is 0 Å². The van der Waals surface area contributed by atoms with Crippen LogP contribution in [0.3, 0.4) is 0 Å². The predicted octanol–water partition coefficient (Wildman–Crippen LogP) is -8.21. The van der Waals surface area contributed by atoms with Crippen LogP contribution in [0.1, 0.15) is 0 Å². The first-order valence-electron chi connectivity index (χ1n) is 3.47. The molecule has 0 spiro atoms. The Balaban J connectivity index is -0.0000000833. The van der Waals surface area contributed by atoms with E-state index in [1.54, 1.807) is 14.0 Å². The van der Waals surface area contributed by atoms with E-state index in [4.69, 9.17) is 0 Å². The molecule has 0 saturated heterocycles. The molecule has 0 aromatic carbocycles. The fourth-order valence-electron chi connectivity index (χ4n) is 1.07. The summed E-state index contributed by atoms with van der Waals surface area (Å²) in [5.41, 5.74) is 0. The van der Waals surface area contributed by atoms with Gasteiger partial charge in [-0.25, -0.2) is 14.0 Å². The number of nitrogens with zero attached hydrogens (tertiary/aromatic N) is 3. The Morgan fingerprint density at radius 1 is 0.667 bits per heavy atom. The SMILES string of the molecule is CN(C)P(=O)(N(C)C)N(C)C.[Cl-].[Cl-].[Cl-].[Ti+3]. The minimum atomic E-state index is -2.44. The van der Waals surface area contributed by atoms with E-state index in [1.807, 2.05) is 42.3 Å². The zero-order chi connectivity index (χ0) is 9.23. The summed E-state index contributed by atoms with van der Waals surface area (Å²) in [6, 6.07) is 0. The number of halogens is 3. The molecule has 0 saturated carbocycles. The summed E-state index contributed by atoms with van der Waals surface area (Å²) in [6.45, 7) is 0. The van der Waals surface area contributed by atoms with E-state index in [2.05, 4.69) is 0 Å². The van der Waals surface area contributed by atoms with Gasteiger partial charge in [0, 0.05) is 0 Å². The Labute approximate surface area is 127 Å². The Morgan fingerprint density at radius 3 is 0.800 bits per heavy atom. The molecule has 0 aliphatic carbocycles. The first-order valence-corrected chi connectivity index (χ1v) is 5.03. The third kappa shape index (κ3) is 7.59. The molecule has 0 heterocycles. The van der Waals surface area contributed by atoms with Crippen LogP contribution in [0.5, 0.6) is 0 Å². The normalized spacial score (nSPS) is 9.93. The first kappa shape index (κ1) is 30.1. The van der Waals surface area contributed by atoms with Crippen LogP contribution < -0.4 is 37.2 Å². The molecule has 15 heavy (non-hydrogen) atoms. The van der Waals surface area contributed by atoms with Crippen LogP contribution >= 0.6 is 7.59 Å². The van der Waals surface area contributed by atoms with E-state index in [0.717, 1.165) is 0 Å². The van der Waals surface area contributed by atoms with Crippen molar-refractivity contribution in [3.63, 3.8) is 0 Å². The average Bonchev–Trinajstić information content (AvgIpc) is 1.84. The molecule has 0 aliphatic rings. The third-order valence-corrected chi connectivity index (χ3v) is 4.69. The largest absolute Gasteiger partial charge is 3.00 e. The molecule has 0 fully saturated rings. The summed E-state index contributed by atoms with van der Waals surface area (Å²) in [5, 5.41) is 0. The topological polar surface area (TPSA) is 26.8 Å². The smallest absolute Gasteiger partial charge is 1.00 e. The Hall–Kier alpha value is 1.69. The van der Waals surface area contributed by atoms with Crippen LogP contribution in [0.4, 0.5) is 0 Å². The second-order valence-electron chi connectivity index (χ2n) is 3.05. The zero-order valence-electron chi connectivity index (χ0n) is 9.83. The standard InChI is InChI=1S/C6H18N3OP.3ClH.Ti/c1-7(2)11(10,8(3)4)9(5)6;;;;/h1-6H3;3*1H;/q;;;;+3/p-3. The van der Waals surface area contributed by atoms with Gasteiger partial charge in [-0.1, -0.05) is 0 Å². The maximum Gasteiger partial charge on any atom is 3.00 e. The Bertz CT molecular complexity index is 154. The van der Waals surface area contributed by atoms with Crippen LogP contribution in [0.25, 0.3) is 0 Å². The van der Waals surface area contributed by atoms with Crippen molar-refractivity contribution in [2.45, 2.75) is 0 Å². The van der Waals surface area contributed by atoms with Crippen LogP contribution in [0.15, 0.2) is 0 Å². The van der Waals surface area contributed by atoms with E-state index in [1.165, 1.54) is 0 Å². The molecular weight excluding hydrogens is 315 g/mol. The Morgan fingerprint density at radius 2 is 0.800 bits per heavy atom. The minimum Gasteiger partial charge on any atom is -1.00 e. The van der Waals surface area contributed by atoms with Gasteiger partial charge in [-0.2, -0.15) is 0 Å². The molecule has 0 aromatic rings. The number of hydrogen-bond acceptors (Lipinski definition) is 1. The fourth-order valence-corrected chi connectivity index (χ4v) is 3.22. The van der Waals surface area contributed by atoms with Gasteiger partial charge in [-0.05, 0) is 42.3 Å². The van der Waals surface area contributed by atoms with Gasteiger partial charge in [0.25, 0.3) is 7.59 Å². The predicted molar refractivity (Wildman–Crippen MR) is 48.7 cm³/mol. The van der Waals surface area contributed by atoms with E-state index in [0.29, 0.717) is 0 Å². The van der Waals surface area contributed by atoms with Crippen LogP contribution in [-0.2, 0) is 26.3 Å². The van der Waals surface area contributed by atoms with Crippen molar-refractivity contribution in [2.75, 3.05) is 42.3 Å². The van der Waals surface area contributed by atoms with Gasteiger partial charge in [-0.15, -0.1) is 0 Å². The molecule has 1 radical (unpaired) electrons. The minimum absolute atomic E-state index is 0. The first-order chi connectivity index (χ1) is 4.83. The average molecular weight is 333 g/mol. The molecule has 0 unspecified atom stereocenters. The zero-order valence-corrected chi connectivity index (χ0v) is 14.6. The summed E-state index contributed by atoms with van der Waals surface area (Å²) in [5.74, 6) is 0. The van der Waals surface area contributed by atoms with Gasteiger partial charge in [0.05, 0.1) is 0 Å². The van der Waals surface area contributed by atoms with Crippen molar-refractivity contribution in [3.8, 4) is 0 Å². The fraction of sp³-hybridized carbons (Fsp3) is 1.00. The van der Waals surface area contributed by atoms with E-state index in [9.17, 15) is 4.57 Å². The third-order valence-electron chi connectivity index (χ3n) is 1.56. The van der Waals surface area contributed by atoms with Gasteiger partial charge in [0.1, 0.15) is 0 Å². The number of hydrogen-bond donors (Lipinski definition) is 0. The molecule has 9 heteroatoms. The van der Waals surface area contributed by atoms with Crippen molar-refractivity contribution < 1.29 is 63.5 Å². The summed E-state index contributed by atoms with van der Waals surface area (Å²) >= 11 is 0. The number of rotatable bonds is 3. The molecular formula is C6H18Cl3N3OPTi. The molecule has 0 rings (SSSR count). The molecule has 0 amide bonds. The van der Waals surface area contributed by atoms with E-state index in [-0.39, 0.29) is 58.9 Å². The molecule has 0 atom stereocenters. The molecule has 0 aromatic heterocycles. The van der Waals surface area contributed by atoms with Crippen LogP contribution in [-0.4, -0.2) is 56.3 Å².